The van der Waals surface area contributed by atoms with Gasteiger partial charge in [0.2, 0.25) is 0 Å². The first-order chi connectivity index (χ1) is 10.3. The van der Waals surface area contributed by atoms with E-state index in [2.05, 4.69) is 5.32 Å². The molecule has 0 aliphatic carbocycles. The second-order valence-electron chi connectivity index (χ2n) is 4.23. The zero-order valence-corrected chi connectivity index (χ0v) is 12.2. The molecule has 21 heavy (non-hydrogen) atoms. The third-order valence-electron chi connectivity index (χ3n) is 2.63. The molecule has 0 aromatic heterocycles. The maximum Gasteiger partial charge on any atom is 0.257 e. The van der Waals surface area contributed by atoms with Crippen molar-refractivity contribution in [2.45, 2.75) is 4.90 Å². The third-order valence-corrected chi connectivity index (χ3v) is 3.65. The van der Waals surface area contributed by atoms with Crippen LogP contribution >= 0.6 is 11.8 Å². The van der Waals surface area contributed by atoms with Crippen LogP contribution in [-0.2, 0) is 4.79 Å². The molecule has 0 unspecified atom stereocenters. The minimum Gasteiger partial charge on any atom is -0.481 e. The predicted octanol–water partition coefficient (Wildman–Crippen LogP) is 3.11. The van der Waals surface area contributed by atoms with E-state index in [-0.39, 0.29) is 18.3 Å². The van der Waals surface area contributed by atoms with E-state index in [1.165, 1.54) is 12.1 Å². The number of carbonyl (C=O) groups is 1. The van der Waals surface area contributed by atoms with Crippen molar-refractivity contribution in [1.29, 1.82) is 0 Å². The number of para-hydroxylation sites is 1. The largest absolute Gasteiger partial charge is 0.481 e. The number of benzene rings is 2. The van der Waals surface area contributed by atoms with Gasteiger partial charge >= 0.3 is 0 Å². The van der Waals surface area contributed by atoms with Gasteiger partial charge in [-0.3, -0.25) is 4.79 Å². The third kappa shape index (κ3) is 5.47. The Hall–Kier alpha value is -2.01. The van der Waals surface area contributed by atoms with Crippen molar-refractivity contribution in [3.63, 3.8) is 0 Å². The molecular weight excluding hydrogens is 289 g/mol. The predicted molar refractivity (Wildman–Crippen MR) is 82.1 cm³/mol. The molecule has 110 valence electrons. The molecular formula is C16H16FNO2S. The van der Waals surface area contributed by atoms with Gasteiger partial charge in [0.05, 0.1) is 0 Å². The van der Waals surface area contributed by atoms with Crippen molar-refractivity contribution in [3.8, 4) is 5.75 Å². The molecule has 1 amide bonds. The van der Waals surface area contributed by atoms with E-state index in [9.17, 15) is 9.18 Å². The van der Waals surface area contributed by atoms with Gasteiger partial charge in [0.25, 0.3) is 5.91 Å². The van der Waals surface area contributed by atoms with Crippen LogP contribution in [0.4, 0.5) is 4.39 Å². The number of rotatable bonds is 7. The molecule has 0 aliphatic heterocycles. The van der Waals surface area contributed by atoms with Crippen LogP contribution in [0.1, 0.15) is 0 Å². The van der Waals surface area contributed by atoms with Crippen LogP contribution < -0.4 is 10.1 Å². The van der Waals surface area contributed by atoms with Crippen molar-refractivity contribution in [1.82, 2.24) is 5.32 Å². The van der Waals surface area contributed by atoms with Crippen molar-refractivity contribution in [3.05, 3.63) is 60.4 Å². The van der Waals surface area contributed by atoms with Crippen LogP contribution in [0, 0.1) is 5.82 Å². The lowest BCUT2D eigenvalue weighted by molar-refractivity contribution is -0.123. The Labute approximate surface area is 127 Å². The van der Waals surface area contributed by atoms with Crippen LogP contribution in [0.25, 0.3) is 0 Å². The zero-order valence-electron chi connectivity index (χ0n) is 11.4. The van der Waals surface area contributed by atoms with Gasteiger partial charge in [0.1, 0.15) is 0 Å². The first kappa shape index (κ1) is 15.4. The Kier molecular flexibility index (Phi) is 6.09. The van der Waals surface area contributed by atoms with E-state index in [1.54, 1.807) is 23.9 Å². The van der Waals surface area contributed by atoms with Crippen molar-refractivity contribution < 1.29 is 13.9 Å². The lowest BCUT2D eigenvalue weighted by Crippen LogP contribution is -2.30. The second-order valence-corrected chi connectivity index (χ2v) is 5.40. The number of hydrogen-bond acceptors (Lipinski definition) is 3. The van der Waals surface area contributed by atoms with E-state index in [0.29, 0.717) is 6.54 Å². The lowest BCUT2D eigenvalue weighted by atomic mass is 10.3. The summed E-state index contributed by atoms with van der Waals surface area (Å²) in [7, 11) is 0. The summed E-state index contributed by atoms with van der Waals surface area (Å²) < 4.78 is 18.4. The highest BCUT2D eigenvalue weighted by molar-refractivity contribution is 7.99. The average Bonchev–Trinajstić information content (AvgIpc) is 2.52. The second kappa shape index (κ2) is 8.32. The minimum absolute atomic E-state index is 0.0892. The summed E-state index contributed by atoms with van der Waals surface area (Å²) in [5.41, 5.74) is 0. The molecule has 1 N–H and O–H groups in total. The van der Waals surface area contributed by atoms with Crippen LogP contribution in [0.3, 0.4) is 0 Å². The molecule has 5 heteroatoms. The Morgan fingerprint density at radius 1 is 1.10 bits per heavy atom. The Morgan fingerprint density at radius 2 is 1.81 bits per heavy atom. The van der Waals surface area contributed by atoms with Crippen LogP contribution in [0.15, 0.2) is 59.5 Å². The lowest BCUT2D eigenvalue weighted by Gasteiger charge is -2.08. The van der Waals surface area contributed by atoms with Gasteiger partial charge in [0.15, 0.2) is 18.2 Å². The highest BCUT2D eigenvalue weighted by atomic mass is 32.2. The molecule has 0 spiro atoms. The van der Waals surface area contributed by atoms with Gasteiger partial charge in [-0.05, 0) is 24.3 Å². The van der Waals surface area contributed by atoms with Gasteiger partial charge < -0.3 is 10.1 Å². The van der Waals surface area contributed by atoms with Gasteiger partial charge in [-0.25, -0.2) is 4.39 Å². The Balaban J connectivity index is 1.63. The highest BCUT2D eigenvalue weighted by Crippen LogP contribution is 2.16. The molecule has 0 radical (unpaired) electrons. The number of thioether (sulfide) groups is 1. The normalized spacial score (nSPS) is 10.1. The average molecular weight is 305 g/mol. The summed E-state index contributed by atoms with van der Waals surface area (Å²) in [5.74, 6) is 0.137. The summed E-state index contributed by atoms with van der Waals surface area (Å²) in [4.78, 5) is 12.7. The zero-order chi connectivity index (χ0) is 14.9. The number of nitrogens with one attached hydrogen (secondary N) is 1. The summed E-state index contributed by atoms with van der Waals surface area (Å²) in [5, 5.41) is 2.74. The van der Waals surface area contributed by atoms with Crippen LogP contribution in [-0.4, -0.2) is 24.8 Å². The van der Waals surface area contributed by atoms with Crippen LogP contribution in [0.5, 0.6) is 5.75 Å². The molecule has 3 nitrogen and oxygen atoms in total. The highest BCUT2D eigenvalue weighted by Gasteiger charge is 2.05. The van der Waals surface area contributed by atoms with E-state index in [0.717, 1.165) is 10.6 Å². The van der Waals surface area contributed by atoms with Gasteiger partial charge in [-0.1, -0.05) is 30.3 Å². The van der Waals surface area contributed by atoms with E-state index in [1.807, 2.05) is 30.3 Å². The topological polar surface area (TPSA) is 38.3 Å². The number of hydrogen-bond donors (Lipinski definition) is 1. The molecule has 0 aliphatic rings. The molecule has 0 fully saturated rings. The molecule has 0 atom stereocenters. The first-order valence-corrected chi connectivity index (χ1v) is 7.56. The van der Waals surface area contributed by atoms with E-state index >= 15 is 0 Å². The number of ether oxygens (including phenoxy) is 1. The maximum absolute atomic E-state index is 13.3. The smallest absolute Gasteiger partial charge is 0.257 e. The van der Waals surface area contributed by atoms with Gasteiger partial charge in [-0.2, -0.15) is 0 Å². The van der Waals surface area contributed by atoms with E-state index in [4.69, 9.17) is 4.74 Å². The number of carbonyl (C=O) groups excluding carboxylic acids is 1. The quantitative estimate of drug-likeness (QED) is 0.631. The first-order valence-electron chi connectivity index (χ1n) is 6.57. The molecule has 2 rings (SSSR count). The summed E-state index contributed by atoms with van der Waals surface area (Å²) in [6.45, 7) is 0.357. The number of amides is 1. The molecule has 0 bridgehead atoms. The molecule has 0 saturated heterocycles. The van der Waals surface area contributed by atoms with Crippen molar-refractivity contribution >= 4 is 17.7 Å². The Morgan fingerprint density at radius 3 is 2.57 bits per heavy atom. The molecule has 2 aromatic rings. The molecule has 2 aromatic carbocycles. The summed E-state index contributed by atoms with van der Waals surface area (Å²) in [6, 6.07) is 16.0. The maximum atomic E-state index is 13.3. The summed E-state index contributed by atoms with van der Waals surface area (Å²) in [6.07, 6.45) is 0. The van der Waals surface area contributed by atoms with E-state index < -0.39 is 5.82 Å². The fraction of sp³-hybridized carbons (Fsp3) is 0.188. The van der Waals surface area contributed by atoms with Crippen molar-refractivity contribution in [2.24, 2.45) is 0 Å². The number of halogens is 1. The van der Waals surface area contributed by atoms with Crippen molar-refractivity contribution in [2.75, 3.05) is 18.9 Å². The molecule has 0 heterocycles. The summed E-state index contributed by atoms with van der Waals surface area (Å²) >= 11 is 1.66. The fourth-order valence-corrected chi connectivity index (χ4v) is 2.42. The SMILES string of the molecule is O=C(COc1ccccc1F)NCCSc1ccccc1. The minimum atomic E-state index is -0.468. The monoisotopic (exact) mass is 305 g/mol. The molecule has 0 saturated carbocycles. The van der Waals surface area contributed by atoms with Crippen LogP contribution in [0.2, 0.25) is 0 Å². The standard InChI is InChI=1S/C16H16FNO2S/c17-14-8-4-5-9-15(14)20-12-16(19)18-10-11-21-13-6-2-1-3-7-13/h1-9H,10-12H2,(H,18,19). The fourth-order valence-electron chi connectivity index (χ4n) is 1.63. The Bertz CT molecular complexity index is 577. The van der Waals surface area contributed by atoms with Gasteiger partial charge in [0, 0.05) is 17.2 Å². The van der Waals surface area contributed by atoms with Gasteiger partial charge in [-0.15, -0.1) is 11.8 Å².